The maximum Gasteiger partial charge on any atom is 0.227 e. The van der Waals surface area contributed by atoms with E-state index in [0.717, 1.165) is 17.0 Å². The highest BCUT2D eigenvalue weighted by atomic mass is 16.5. The lowest BCUT2D eigenvalue weighted by Crippen LogP contribution is -2.35. The molecule has 1 saturated heterocycles. The maximum atomic E-state index is 12.3. The number of carbonyl (C=O) groups excluding carboxylic acids is 2. The lowest BCUT2D eigenvalue weighted by molar-refractivity contribution is -0.126. The summed E-state index contributed by atoms with van der Waals surface area (Å²) in [6.07, 6.45) is 0.249. The van der Waals surface area contributed by atoms with E-state index in [1.807, 2.05) is 61.5 Å². The van der Waals surface area contributed by atoms with Crippen molar-refractivity contribution in [3.63, 3.8) is 0 Å². The van der Waals surface area contributed by atoms with Gasteiger partial charge in [0.1, 0.15) is 12.4 Å². The van der Waals surface area contributed by atoms with Crippen LogP contribution in [0.15, 0.2) is 54.6 Å². The summed E-state index contributed by atoms with van der Waals surface area (Å²) >= 11 is 0. The molecule has 0 radical (unpaired) electrons. The minimum atomic E-state index is -0.314. The number of carbonyl (C=O) groups is 2. The van der Waals surface area contributed by atoms with Gasteiger partial charge in [-0.3, -0.25) is 9.59 Å². The number of aryl methyl sites for hydroxylation is 1. The van der Waals surface area contributed by atoms with Gasteiger partial charge in [0.15, 0.2) is 0 Å². The smallest absolute Gasteiger partial charge is 0.227 e. The second-order valence-corrected chi connectivity index (χ2v) is 6.19. The van der Waals surface area contributed by atoms with Gasteiger partial charge in [-0.05, 0) is 31.2 Å². The Labute approximate surface area is 147 Å². The third-order valence-electron chi connectivity index (χ3n) is 4.25. The fourth-order valence-electron chi connectivity index (χ4n) is 2.86. The van der Waals surface area contributed by atoms with E-state index in [9.17, 15) is 9.59 Å². The molecule has 1 atom stereocenters. The summed E-state index contributed by atoms with van der Waals surface area (Å²) in [5.41, 5.74) is 1.99. The highest BCUT2D eigenvalue weighted by Gasteiger charge is 2.34. The van der Waals surface area contributed by atoms with Crippen molar-refractivity contribution < 1.29 is 14.3 Å². The number of amides is 2. The number of hydrogen-bond donors (Lipinski definition) is 1. The predicted molar refractivity (Wildman–Crippen MR) is 96.6 cm³/mol. The zero-order chi connectivity index (χ0) is 17.6. The summed E-state index contributed by atoms with van der Waals surface area (Å²) in [5.74, 6) is 0.355. The summed E-state index contributed by atoms with van der Waals surface area (Å²) < 4.78 is 5.55. The fraction of sp³-hybridized carbons (Fsp3) is 0.300. The summed E-state index contributed by atoms with van der Waals surface area (Å²) in [6, 6.07) is 17.2. The SMILES string of the molecule is Cc1ccc(N2C[C@@H](C(=O)NCCOc3ccccc3)CC2=O)cc1. The minimum absolute atomic E-state index is 0.00969. The van der Waals surface area contributed by atoms with E-state index in [1.54, 1.807) is 4.90 Å². The summed E-state index contributed by atoms with van der Waals surface area (Å²) in [7, 11) is 0. The van der Waals surface area contributed by atoms with Gasteiger partial charge in [0.05, 0.1) is 12.5 Å². The molecule has 5 nitrogen and oxygen atoms in total. The molecule has 1 aliphatic rings. The standard InChI is InChI=1S/C20H22N2O3/c1-15-7-9-17(10-8-15)22-14-16(13-19(22)23)20(24)21-11-12-25-18-5-3-2-4-6-18/h2-10,16H,11-14H2,1H3,(H,21,24)/t16-/m0/s1. The Morgan fingerprint density at radius 2 is 1.88 bits per heavy atom. The molecule has 25 heavy (non-hydrogen) atoms. The van der Waals surface area contributed by atoms with Crippen molar-refractivity contribution >= 4 is 17.5 Å². The van der Waals surface area contributed by atoms with Crippen LogP contribution in [0.3, 0.4) is 0 Å². The van der Waals surface area contributed by atoms with Gasteiger partial charge in [-0.25, -0.2) is 0 Å². The topological polar surface area (TPSA) is 58.6 Å². The lowest BCUT2D eigenvalue weighted by Gasteiger charge is -2.17. The molecule has 1 fully saturated rings. The van der Waals surface area contributed by atoms with Crippen LogP contribution < -0.4 is 15.0 Å². The van der Waals surface area contributed by atoms with Gasteiger partial charge in [0, 0.05) is 18.7 Å². The number of para-hydroxylation sites is 1. The molecule has 130 valence electrons. The number of benzene rings is 2. The quantitative estimate of drug-likeness (QED) is 0.824. The van der Waals surface area contributed by atoms with Crippen LogP contribution >= 0.6 is 0 Å². The van der Waals surface area contributed by atoms with Gasteiger partial charge >= 0.3 is 0 Å². The van der Waals surface area contributed by atoms with Crippen LogP contribution in [0.4, 0.5) is 5.69 Å². The molecule has 3 rings (SSSR count). The zero-order valence-corrected chi connectivity index (χ0v) is 14.3. The first kappa shape index (κ1) is 17.0. The highest BCUT2D eigenvalue weighted by molar-refractivity contribution is 6.00. The first-order valence-corrected chi connectivity index (χ1v) is 8.46. The van der Waals surface area contributed by atoms with Crippen LogP contribution in [-0.2, 0) is 9.59 Å². The Bertz CT molecular complexity index is 728. The molecule has 0 aromatic heterocycles. The summed E-state index contributed by atoms with van der Waals surface area (Å²) in [5, 5.41) is 2.85. The molecule has 1 heterocycles. The number of hydrogen-bond acceptors (Lipinski definition) is 3. The van der Waals surface area contributed by atoms with E-state index in [0.29, 0.717) is 19.7 Å². The van der Waals surface area contributed by atoms with Crippen molar-refractivity contribution in [3.05, 3.63) is 60.2 Å². The van der Waals surface area contributed by atoms with E-state index in [1.165, 1.54) is 0 Å². The molecule has 0 unspecified atom stereocenters. The average molecular weight is 338 g/mol. The number of ether oxygens (including phenoxy) is 1. The molecule has 2 aromatic rings. The maximum absolute atomic E-state index is 12.3. The van der Waals surface area contributed by atoms with Gasteiger partial charge < -0.3 is 15.0 Å². The van der Waals surface area contributed by atoms with Crippen molar-refractivity contribution in [1.82, 2.24) is 5.32 Å². The number of rotatable bonds is 6. The summed E-state index contributed by atoms with van der Waals surface area (Å²) in [4.78, 5) is 26.2. The molecule has 5 heteroatoms. The summed E-state index contributed by atoms with van der Waals surface area (Å²) in [6.45, 7) is 3.25. The van der Waals surface area contributed by atoms with Gasteiger partial charge in [0.2, 0.25) is 11.8 Å². The van der Waals surface area contributed by atoms with Crippen LogP contribution in [0.1, 0.15) is 12.0 Å². The van der Waals surface area contributed by atoms with Gasteiger partial charge in [-0.2, -0.15) is 0 Å². The molecule has 2 aromatic carbocycles. The van der Waals surface area contributed by atoms with Gasteiger partial charge in [-0.1, -0.05) is 35.9 Å². The fourth-order valence-corrected chi connectivity index (χ4v) is 2.86. The molecule has 0 aliphatic carbocycles. The molecular weight excluding hydrogens is 316 g/mol. The Balaban J connectivity index is 1.46. The first-order chi connectivity index (χ1) is 12.1. The average Bonchev–Trinajstić information content (AvgIpc) is 3.02. The Morgan fingerprint density at radius 1 is 1.16 bits per heavy atom. The molecule has 1 N–H and O–H groups in total. The highest BCUT2D eigenvalue weighted by Crippen LogP contribution is 2.25. The second kappa shape index (κ2) is 7.83. The van der Waals surface area contributed by atoms with Crippen LogP contribution in [-0.4, -0.2) is 31.5 Å². The van der Waals surface area contributed by atoms with Crippen molar-refractivity contribution in [1.29, 1.82) is 0 Å². The van der Waals surface area contributed by atoms with Crippen LogP contribution in [0.25, 0.3) is 0 Å². The largest absolute Gasteiger partial charge is 0.492 e. The van der Waals surface area contributed by atoms with Crippen LogP contribution in [0.2, 0.25) is 0 Å². The second-order valence-electron chi connectivity index (χ2n) is 6.19. The number of nitrogens with one attached hydrogen (secondary N) is 1. The molecule has 1 aliphatic heterocycles. The third kappa shape index (κ3) is 4.38. The van der Waals surface area contributed by atoms with E-state index >= 15 is 0 Å². The van der Waals surface area contributed by atoms with Crippen molar-refractivity contribution in [2.45, 2.75) is 13.3 Å². The molecule has 0 spiro atoms. The molecule has 0 bridgehead atoms. The first-order valence-electron chi connectivity index (χ1n) is 8.46. The van der Waals surface area contributed by atoms with Gasteiger partial charge in [0.25, 0.3) is 0 Å². The Morgan fingerprint density at radius 3 is 2.60 bits per heavy atom. The van der Waals surface area contributed by atoms with Crippen molar-refractivity contribution in [2.75, 3.05) is 24.6 Å². The molecule has 2 amide bonds. The van der Waals surface area contributed by atoms with Crippen molar-refractivity contribution in [2.24, 2.45) is 5.92 Å². The van der Waals surface area contributed by atoms with Crippen LogP contribution in [0.5, 0.6) is 5.75 Å². The Hall–Kier alpha value is -2.82. The molecular formula is C20H22N2O3. The minimum Gasteiger partial charge on any atom is -0.492 e. The monoisotopic (exact) mass is 338 g/mol. The number of anilines is 1. The third-order valence-corrected chi connectivity index (χ3v) is 4.25. The van der Waals surface area contributed by atoms with E-state index < -0.39 is 0 Å². The van der Waals surface area contributed by atoms with E-state index in [4.69, 9.17) is 4.74 Å². The predicted octanol–water partition coefficient (Wildman–Crippen LogP) is 2.54. The van der Waals surface area contributed by atoms with E-state index in [2.05, 4.69) is 5.32 Å². The zero-order valence-electron chi connectivity index (χ0n) is 14.3. The molecule has 0 saturated carbocycles. The van der Waals surface area contributed by atoms with Gasteiger partial charge in [-0.15, -0.1) is 0 Å². The Kier molecular flexibility index (Phi) is 5.33. The normalized spacial score (nSPS) is 16.8. The van der Waals surface area contributed by atoms with Crippen LogP contribution in [0, 0.1) is 12.8 Å². The van der Waals surface area contributed by atoms with Crippen molar-refractivity contribution in [3.8, 4) is 5.75 Å². The van der Waals surface area contributed by atoms with E-state index in [-0.39, 0.29) is 24.2 Å². The lowest BCUT2D eigenvalue weighted by atomic mass is 10.1. The number of nitrogens with zero attached hydrogens (tertiary/aromatic N) is 1.